The summed E-state index contributed by atoms with van der Waals surface area (Å²) >= 11 is 0. The monoisotopic (exact) mass is 310 g/mol. The molecule has 0 saturated heterocycles. The first-order valence-electron chi connectivity index (χ1n) is 5.59. The average molecular weight is 311 g/mol. The Morgan fingerprint density at radius 1 is 1.35 bits per heavy atom. The summed E-state index contributed by atoms with van der Waals surface area (Å²) in [5.41, 5.74) is 4.85. The normalized spacial score (nSPS) is 10.4. The predicted molar refractivity (Wildman–Crippen MR) is 72.7 cm³/mol. The lowest BCUT2D eigenvalue weighted by atomic mass is 10.3. The molecule has 3 N–H and O–H groups in total. The topological polar surface area (TPSA) is 73.6 Å². The molecule has 114 valence electrons. The fourth-order valence-electron chi connectivity index (χ4n) is 1.23. The number of alkyl halides is 2. The first-order chi connectivity index (χ1) is 8.98. The second-order valence-corrected chi connectivity index (χ2v) is 3.78. The summed E-state index contributed by atoms with van der Waals surface area (Å²) < 4.78 is 35.8. The molecular formula is C12H17ClF2N2O3. The van der Waals surface area contributed by atoms with Crippen molar-refractivity contribution in [1.29, 1.82) is 0 Å². The number of halogens is 3. The van der Waals surface area contributed by atoms with Crippen molar-refractivity contribution in [3.05, 3.63) is 24.3 Å². The maximum Gasteiger partial charge on any atom is 0.277 e. The Hall–Kier alpha value is -1.60. The Bertz CT molecular complexity index is 433. The smallest absolute Gasteiger partial charge is 0.277 e. The van der Waals surface area contributed by atoms with E-state index in [2.05, 4.69) is 0 Å². The highest BCUT2D eigenvalue weighted by molar-refractivity contribution is 5.85. The number of rotatable bonds is 7. The largest absolute Gasteiger partial charge is 0.493 e. The third kappa shape index (κ3) is 6.03. The minimum Gasteiger partial charge on any atom is -0.493 e. The molecular weight excluding hydrogens is 294 g/mol. The van der Waals surface area contributed by atoms with Crippen LogP contribution in [-0.4, -0.2) is 38.6 Å². The molecule has 0 fully saturated rings. The lowest BCUT2D eigenvalue weighted by molar-refractivity contribution is -0.124. The van der Waals surface area contributed by atoms with E-state index in [4.69, 9.17) is 15.2 Å². The van der Waals surface area contributed by atoms with Crippen LogP contribution in [0.25, 0.3) is 0 Å². The molecule has 1 aromatic carbocycles. The van der Waals surface area contributed by atoms with Gasteiger partial charge in [0.15, 0.2) is 18.1 Å². The number of carbonyl (C=O) groups excluding carboxylic acids is 1. The molecule has 20 heavy (non-hydrogen) atoms. The zero-order valence-corrected chi connectivity index (χ0v) is 11.7. The molecule has 0 saturated carbocycles. The molecule has 0 aliphatic carbocycles. The quantitative estimate of drug-likeness (QED) is 0.794. The first kappa shape index (κ1) is 18.4. The minimum absolute atomic E-state index is 0. The number of nitrogens with two attached hydrogens (primary N) is 1. The van der Waals surface area contributed by atoms with E-state index in [-0.39, 0.29) is 19.0 Å². The van der Waals surface area contributed by atoms with Crippen LogP contribution in [0.4, 0.5) is 8.78 Å². The van der Waals surface area contributed by atoms with Gasteiger partial charge in [-0.15, -0.1) is 12.4 Å². The number of hydrogen-bond acceptors (Lipinski definition) is 4. The summed E-state index contributed by atoms with van der Waals surface area (Å²) in [7, 11) is 1.46. The van der Waals surface area contributed by atoms with Crippen molar-refractivity contribution in [2.24, 2.45) is 5.73 Å². The van der Waals surface area contributed by atoms with Crippen LogP contribution in [0.3, 0.4) is 0 Å². The van der Waals surface area contributed by atoms with Gasteiger partial charge in [0.05, 0.1) is 20.2 Å². The van der Waals surface area contributed by atoms with Crippen LogP contribution in [0, 0.1) is 0 Å². The van der Waals surface area contributed by atoms with Crippen molar-refractivity contribution in [2.75, 3.05) is 26.8 Å². The molecule has 0 aliphatic heterocycles. The van der Waals surface area contributed by atoms with Crippen molar-refractivity contribution >= 4 is 18.3 Å². The SMILES string of the molecule is COc1ccccc1OCC(=O)NCC(F)(F)CN.Cl. The van der Waals surface area contributed by atoms with Gasteiger partial charge in [-0.2, -0.15) is 0 Å². The maximum atomic E-state index is 12.8. The first-order valence-corrected chi connectivity index (χ1v) is 5.59. The van der Waals surface area contributed by atoms with Crippen molar-refractivity contribution in [2.45, 2.75) is 5.92 Å². The molecule has 0 unspecified atom stereocenters. The van der Waals surface area contributed by atoms with Gasteiger partial charge in [-0.1, -0.05) is 12.1 Å². The summed E-state index contributed by atoms with van der Waals surface area (Å²) in [6.45, 7) is -2.00. The number of benzene rings is 1. The van der Waals surface area contributed by atoms with Gasteiger partial charge < -0.3 is 20.5 Å². The highest BCUT2D eigenvalue weighted by atomic mass is 35.5. The summed E-state index contributed by atoms with van der Waals surface area (Å²) in [6, 6.07) is 6.72. The Morgan fingerprint density at radius 2 is 1.95 bits per heavy atom. The zero-order chi connectivity index (χ0) is 14.3. The lowest BCUT2D eigenvalue weighted by Crippen LogP contribution is -2.43. The minimum atomic E-state index is -3.11. The van der Waals surface area contributed by atoms with Crippen LogP contribution >= 0.6 is 12.4 Å². The lowest BCUT2D eigenvalue weighted by Gasteiger charge is -2.15. The van der Waals surface area contributed by atoms with E-state index in [1.165, 1.54) is 7.11 Å². The van der Waals surface area contributed by atoms with Gasteiger partial charge in [-0.25, -0.2) is 8.78 Å². The Balaban J connectivity index is 0.00000361. The van der Waals surface area contributed by atoms with E-state index in [0.717, 1.165) is 0 Å². The summed E-state index contributed by atoms with van der Waals surface area (Å²) in [5, 5.41) is 2.05. The van der Waals surface area contributed by atoms with E-state index < -0.39 is 24.9 Å². The third-order valence-corrected chi connectivity index (χ3v) is 2.27. The van der Waals surface area contributed by atoms with E-state index in [1.807, 2.05) is 5.32 Å². The number of ether oxygens (including phenoxy) is 2. The third-order valence-electron chi connectivity index (χ3n) is 2.27. The summed E-state index contributed by atoms with van der Waals surface area (Å²) in [6.07, 6.45) is 0. The molecule has 1 aromatic rings. The van der Waals surface area contributed by atoms with E-state index in [0.29, 0.717) is 11.5 Å². The van der Waals surface area contributed by atoms with Crippen molar-refractivity contribution in [1.82, 2.24) is 5.32 Å². The average Bonchev–Trinajstić information content (AvgIpc) is 2.43. The number of carbonyl (C=O) groups is 1. The second-order valence-electron chi connectivity index (χ2n) is 3.78. The van der Waals surface area contributed by atoms with Gasteiger partial charge in [-0.05, 0) is 12.1 Å². The Labute approximate surface area is 121 Å². The van der Waals surface area contributed by atoms with Crippen LogP contribution in [0.1, 0.15) is 0 Å². The number of methoxy groups -OCH3 is 1. The number of hydrogen-bond donors (Lipinski definition) is 2. The van der Waals surface area contributed by atoms with Crippen LogP contribution in [0.5, 0.6) is 11.5 Å². The van der Waals surface area contributed by atoms with Crippen molar-refractivity contribution in [3.63, 3.8) is 0 Å². The molecule has 0 aliphatic rings. The highest BCUT2D eigenvalue weighted by Gasteiger charge is 2.27. The molecule has 1 amide bonds. The van der Waals surface area contributed by atoms with Crippen LogP contribution < -0.4 is 20.5 Å². The maximum absolute atomic E-state index is 12.8. The molecule has 5 nitrogen and oxygen atoms in total. The van der Waals surface area contributed by atoms with Gasteiger partial charge >= 0.3 is 0 Å². The molecule has 0 heterocycles. The molecule has 0 atom stereocenters. The molecule has 1 rings (SSSR count). The fourth-order valence-corrected chi connectivity index (χ4v) is 1.23. The Kier molecular flexibility index (Phi) is 7.86. The van der Waals surface area contributed by atoms with Gasteiger partial charge in [-0.3, -0.25) is 4.79 Å². The van der Waals surface area contributed by atoms with Gasteiger partial charge in [0, 0.05) is 0 Å². The second kappa shape index (κ2) is 8.55. The van der Waals surface area contributed by atoms with E-state index >= 15 is 0 Å². The molecule has 0 spiro atoms. The van der Waals surface area contributed by atoms with Gasteiger partial charge in [0.1, 0.15) is 0 Å². The number of para-hydroxylation sites is 2. The zero-order valence-electron chi connectivity index (χ0n) is 10.9. The standard InChI is InChI=1S/C12H16F2N2O3.ClH/c1-18-9-4-2-3-5-10(9)19-6-11(17)16-8-12(13,14)7-15;/h2-5H,6-8,15H2,1H3,(H,16,17);1H. The van der Waals surface area contributed by atoms with E-state index in [9.17, 15) is 13.6 Å². The number of nitrogens with one attached hydrogen (secondary N) is 1. The van der Waals surface area contributed by atoms with Gasteiger partial charge in [0.25, 0.3) is 11.8 Å². The fraction of sp³-hybridized carbons (Fsp3) is 0.417. The molecule has 0 radical (unpaired) electrons. The van der Waals surface area contributed by atoms with Crippen LogP contribution in [-0.2, 0) is 4.79 Å². The number of amides is 1. The molecule has 0 bridgehead atoms. The van der Waals surface area contributed by atoms with Crippen molar-refractivity contribution < 1.29 is 23.0 Å². The molecule has 0 aromatic heterocycles. The predicted octanol–water partition coefficient (Wildman–Crippen LogP) is 1.21. The molecule has 8 heteroatoms. The Morgan fingerprint density at radius 3 is 2.50 bits per heavy atom. The van der Waals surface area contributed by atoms with E-state index in [1.54, 1.807) is 24.3 Å². The summed E-state index contributed by atoms with van der Waals surface area (Å²) in [4.78, 5) is 11.3. The van der Waals surface area contributed by atoms with Crippen LogP contribution in [0.15, 0.2) is 24.3 Å². The van der Waals surface area contributed by atoms with Crippen LogP contribution in [0.2, 0.25) is 0 Å². The van der Waals surface area contributed by atoms with Crippen molar-refractivity contribution in [3.8, 4) is 11.5 Å². The highest BCUT2D eigenvalue weighted by Crippen LogP contribution is 2.25. The van der Waals surface area contributed by atoms with Gasteiger partial charge in [0.2, 0.25) is 0 Å². The summed E-state index contributed by atoms with van der Waals surface area (Å²) in [5.74, 6) is -2.94.